The summed E-state index contributed by atoms with van der Waals surface area (Å²) in [6.07, 6.45) is 2.88. The first-order valence-corrected chi connectivity index (χ1v) is 7.03. The molecule has 0 aromatic heterocycles. The number of unbranched alkanes of at least 4 members (excludes halogenated alkanes) is 1. The molecular formula is C15H24FN3. The fourth-order valence-corrected chi connectivity index (χ4v) is 1.71. The van der Waals surface area contributed by atoms with Crippen molar-refractivity contribution in [3.63, 3.8) is 0 Å². The molecule has 0 aliphatic carbocycles. The average Bonchev–Trinajstić information content (AvgIpc) is 2.41. The Balaban J connectivity index is 2.39. The fraction of sp³-hybridized carbons (Fsp3) is 0.533. The zero-order chi connectivity index (χ0) is 13.9. The van der Waals surface area contributed by atoms with Crippen LogP contribution >= 0.6 is 0 Å². The van der Waals surface area contributed by atoms with Gasteiger partial charge in [0.15, 0.2) is 5.96 Å². The standard InChI is InChI=1S/C15H24FN3/c1-3-5-11-18-15(17-4-2)19-12-10-13-8-6-7-9-14(13)16/h6-9H,3-5,10-12H2,1-2H3,(H2,17,18,19). The largest absolute Gasteiger partial charge is 0.357 e. The number of benzene rings is 1. The molecule has 0 heterocycles. The first-order valence-electron chi connectivity index (χ1n) is 7.03. The van der Waals surface area contributed by atoms with Gasteiger partial charge in [-0.05, 0) is 31.4 Å². The molecule has 0 saturated heterocycles. The third-order valence-electron chi connectivity index (χ3n) is 2.77. The molecule has 19 heavy (non-hydrogen) atoms. The van der Waals surface area contributed by atoms with E-state index < -0.39 is 0 Å². The number of guanidine groups is 1. The lowest BCUT2D eigenvalue weighted by Gasteiger charge is -2.11. The van der Waals surface area contributed by atoms with Crippen LogP contribution in [0.4, 0.5) is 4.39 Å². The highest BCUT2D eigenvalue weighted by Gasteiger charge is 2.01. The number of hydrogen-bond acceptors (Lipinski definition) is 1. The molecule has 0 amide bonds. The van der Waals surface area contributed by atoms with E-state index in [-0.39, 0.29) is 5.82 Å². The van der Waals surface area contributed by atoms with E-state index in [0.717, 1.165) is 37.5 Å². The molecule has 0 saturated carbocycles. The number of halogens is 1. The molecule has 0 radical (unpaired) electrons. The molecule has 1 aromatic carbocycles. The van der Waals surface area contributed by atoms with Crippen molar-refractivity contribution in [2.45, 2.75) is 33.1 Å². The smallest absolute Gasteiger partial charge is 0.191 e. The zero-order valence-corrected chi connectivity index (χ0v) is 11.9. The summed E-state index contributed by atoms with van der Waals surface area (Å²) >= 11 is 0. The predicted molar refractivity (Wildman–Crippen MR) is 79.0 cm³/mol. The van der Waals surface area contributed by atoms with E-state index >= 15 is 0 Å². The van der Waals surface area contributed by atoms with Gasteiger partial charge in [0.1, 0.15) is 5.82 Å². The van der Waals surface area contributed by atoms with Crippen molar-refractivity contribution in [2.75, 3.05) is 19.6 Å². The molecule has 1 aromatic rings. The van der Waals surface area contributed by atoms with Crippen molar-refractivity contribution in [3.8, 4) is 0 Å². The average molecular weight is 265 g/mol. The van der Waals surface area contributed by atoms with Crippen LogP contribution in [0.3, 0.4) is 0 Å². The summed E-state index contributed by atoms with van der Waals surface area (Å²) in [4.78, 5) is 4.46. The number of nitrogens with one attached hydrogen (secondary N) is 2. The maximum absolute atomic E-state index is 13.4. The van der Waals surface area contributed by atoms with E-state index in [1.54, 1.807) is 6.07 Å². The Bertz CT molecular complexity index is 391. The molecule has 4 heteroatoms. The lowest BCUT2D eigenvalue weighted by Crippen LogP contribution is -2.38. The Morgan fingerprint density at radius 3 is 2.68 bits per heavy atom. The summed E-state index contributed by atoms with van der Waals surface area (Å²) in [5.74, 6) is 0.671. The molecule has 0 spiro atoms. The molecule has 1 rings (SSSR count). The lowest BCUT2D eigenvalue weighted by molar-refractivity contribution is 0.606. The molecule has 3 nitrogen and oxygen atoms in total. The fourth-order valence-electron chi connectivity index (χ4n) is 1.71. The van der Waals surface area contributed by atoms with Crippen LogP contribution in [0.2, 0.25) is 0 Å². The summed E-state index contributed by atoms with van der Waals surface area (Å²) in [6, 6.07) is 6.88. The highest BCUT2D eigenvalue weighted by molar-refractivity contribution is 5.79. The lowest BCUT2D eigenvalue weighted by atomic mass is 10.1. The third kappa shape index (κ3) is 6.22. The Hall–Kier alpha value is -1.58. The SMILES string of the molecule is CCCCN=C(NCC)NCCc1ccccc1F. The minimum absolute atomic E-state index is 0.141. The van der Waals surface area contributed by atoms with Crippen LogP contribution in [0.5, 0.6) is 0 Å². The minimum atomic E-state index is -0.141. The van der Waals surface area contributed by atoms with Crippen LogP contribution in [0.15, 0.2) is 29.3 Å². The zero-order valence-electron chi connectivity index (χ0n) is 11.9. The normalized spacial score (nSPS) is 11.4. The second kappa shape index (κ2) is 9.36. The van der Waals surface area contributed by atoms with Crippen molar-refractivity contribution in [2.24, 2.45) is 4.99 Å². The van der Waals surface area contributed by atoms with Gasteiger partial charge in [0, 0.05) is 19.6 Å². The molecule has 0 bridgehead atoms. The van der Waals surface area contributed by atoms with E-state index in [0.29, 0.717) is 13.0 Å². The Labute approximate surface area is 115 Å². The van der Waals surface area contributed by atoms with Crippen LogP contribution in [-0.4, -0.2) is 25.6 Å². The van der Waals surface area contributed by atoms with Crippen molar-refractivity contribution < 1.29 is 4.39 Å². The van der Waals surface area contributed by atoms with Crippen LogP contribution in [-0.2, 0) is 6.42 Å². The van der Waals surface area contributed by atoms with Crippen LogP contribution in [0.1, 0.15) is 32.3 Å². The maximum atomic E-state index is 13.4. The number of rotatable bonds is 7. The van der Waals surface area contributed by atoms with E-state index in [9.17, 15) is 4.39 Å². The summed E-state index contributed by atoms with van der Waals surface area (Å²) in [5, 5.41) is 6.42. The number of hydrogen-bond donors (Lipinski definition) is 2. The summed E-state index contributed by atoms with van der Waals surface area (Å²) in [5.41, 5.74) is 0.736. The first kappa shape index (κ1) is 15.5. The Morgan fingerprint density at radius 2 is 2.00 bits per heavy atom. The van der Waals surface area contributed by atoms with Gasteiger partial charge in [-0.25, -0.2) is 4.39 Å². The number of aliphatic imine (C=N–C) groups is 1. The summed E-state index contributed by atoms with van der Waals surface area (Å²) in [7, 11) is 0. The van der Waals surface area contributed by atoms with Crippen LogP contribution in [0.25, 0.3) is 0 Å². The molecular weight excluding hydrogens is 241 g/mol. The Morgan fingerprint density at radius 1 is 1.21 bits per heavy atom. The van der Waals surface area contributed by atoms with Gasteiger partial charge in [-0.2, -0.15) is 0 Å². The topological polar surface area (TPSA) is 36.4 Å². The van der Waals surface area contributed by atoms with Gasteiger partial charge < -0.3 is 10.6 Å². The molecule has 2 N–H and O–H groups in total. The van der Waals surface area contributed by atoms with Gasteiger partial charge in [-0.3, -0.25) is 4.99 Å². The highest BCUT2D eigenvalue weighted by atomic mass is 19.1. The van der Waals surface area contributed by atoms with Gasteiger partial charge in [0.2, 0.25) is 0 Å². The third-order valence-corrected chi connectivity index (χ3v) is 2.77. The second-order valence-corrected chi connectivity index (χ2v) is 4.38. The van der Waals surface area contributed by atoms with Crippen LogP contribution < -0.4 is 10.6 Å². The molecule has 0 atom stereocenters. The van der Waals surface area contributed by atoms with E-state index in [4.69, 9.17) is 0 Å². The van der Waals surface area contributed by atoms with Gasteiger partial charge >= 0.3 is 0 Å². The van der Waals surface area contributed by atoms with Gasteiger partial charge in [-0.1, -0.05) is 31.5 Å². The Kier molecular flexibility index (Phi) is 7.63. The van der Waals surface area contributed by atoms with E-state index in [2.05, 4.69) is 22.5 Å². The van der Waals surface area contributed by atoms with Gasteiger partial charge in [0.25, 0.3) is 0 Å². The van der Waals surface area contributed by atoms with E-state index in [1.165, 1.54) is 6.07 Å². The molecule has 0 aliphatic rings. The van der Waals surface area contributed by atoms with Crippen molar-refractivity contribution in [3.05, 3.63) is 35.6 Å². The van der Waals surface area contributed by atoms with Gasteiger partial charge in [0.05, 0.1) is 0 Å². The summed E-state index contributed by atoms with van der Waals surface area (Å²) < 4.78 is 13.4. The van der Waals surface area contributed by atoms with Crippen molar-refractivity contribution in [1.82, 2.24) is 10.6 Å². The predicted octanol–water partition coefficient (Wildman–Crippen LogP) is 2.72. The van der Waals surface area contributed by atoms with Gasteiger partial charge in [-0.15, -0.1) is 0 Å². The highest BCUT2D eigenvalue weighted by Crippen LogP contribution is 2.05. The molecule has 0 aliphatic heterocycles. The minimum Gasteiger partial charge on any atom is -0.357 e. The molecule has 0 fully saturated rings. The first-order chi connectivity index (χ1) is 9.27. The van der Waals surface area contributed by atoms with Crippen LogP contribution in [0, 0.1) is 5.82 Å². The molecule has 106 valence electrons. The molecule has 0 unspecified atom stereocenters. The number of nitrogens with zero attached hydrogens (tertiary/aromatic N) is 1. The van der Waals surface area contributed by atoms with Crippen molar-refractivity contribution in [1.29, 1.82) is 0 Å². The van der Waals surface area contributed by atoms with E-state index in [1.807, 2.05) is 19.1 Å². The second-order valence-electron chi connectivity index (χ2n) is 4.38. The maximum Gasteiger partial charge on any atom is 0.191 e. The summed E-state index contributed by atoms with van der Waals surface area (Å²) in [6.45, 7) is 6.52. The quantitative estimate of drug-likeness (QED) is 0.452. The monoisotopic (exact) mass is 265 g/mol. The van der Waals surface area contributed by atoms with Crippen molar-refractivity contribution >= 4 is 5.96 Å².